The van der Waals surface area contributed by atoms with Crippen LogP contribution in [0.15, 0.2) is 0 Å². The van der Waals surface area contributed by atoms with Gasteiger partial charge in [0, 0.05) is 0 Å². The van der Waals surface area contributed by atoms with E-state index in [9.17, 15) is 9.18 Å². The summed E-state index contributed by atoms with van der Waals surface area (Å²) in [6.07, 6.45) is 0.205. The van der Waals surface area contributed by atoms with Crippen LogP contribution >= 0.6 is 11.8 Å². The van der Waals surface area contributed by atoms with Gasteiger partial charge in [-0.25, -0.2) is 4.39 Å². The Balaban J connectivity index is 2.29. The third kappa shape index (κ3) is 3.01. The molecule has 0 aromatic rings. The zero-order chi connectivity index (χ0) is 8.97. The summed E-state index contributed by atoms with van der Waals surface area (Å²) in [5, 5.41) is 8.37. The molecule has 1 unspecified atom stereocenters. The van der Waals surface area contributed by atoms with Crippen molar-refractivity contribution < 1.29 is 14.3 Å². The molecular weight excluding hydrogens is 179 g/mol. The predicted octanol–water partition coefficient (Wildman–Crippen LogP) is 1.94. The second kappa shape index (κ2) is 4.70. The normalized spacial score (nSPS) is 22.1. The lowest BCUT2D eigenvalue weighted by atomic mass is 9.95. The fourth-order valence-electron chi connectivity index (χ4n) is 1.41. The molecule has 0 amide bonds. The molecule has 1 heterocycles. The van der Waals surface area contributed by atoms with Crippen LogP contribution in [-0.4, -0.2) is 28.8 Å². The van der Waals surface area contributed by atoms with Gasteiger partial charge in [0.05, 0.1) is 6.42 Å². The highest BCUT2D eigenvalue weighted by Crippen LogP contribution is 2.28. The van der Waals surface area contributed by atoms with E-state index in [2.05, 4.69) is 0 Å². The minimum absolute atomic E-state index is 0.0117. The molecule has 0 spiro atoms. The molecule has 0 saturated carbocycles. The Morgan fingerprint density at radius 3 is 2.67 bits per heavy atom. The largest absolute Gasteiger partial charge is 0.481 e. The van der Waals surface area contributed by atoms with Crippen molar-refractivity contribution in [3.8, 4) is 0 Å². The number of carbonyl (C=O) groups is 1. The lowest BCUT2D eigenvalue weighted by Gasteiger charge is -2.23. The number of hydrogen-bond acceptors (Lipinski definition) is 2. The van der Waals surface area contributed by atoms with E-state index in [1.54, 1.807) is 0 Å². The fourth-order valence-corrected chi connectivity index (χ4v) is 2.55. The Hall–Kier alpha value is -0.250. The van der Waals surface area contributed by atoms with Crippen LogP contribution in [0.1, 0.15) is 19.3 Å². The zero-order valence-corrected chi connectivity index (χ0v) is 7.65. The van der Waals surface area contributed by atoms with Gasteiger partial charge in [0.2, 0.25) is 0 Å². The summed E-state index contributed by atoms with van der Waals surface area (Å²) in [4.78, 5) is 10.2. The Labute approximate surface area is 75.5 Å². The second-order valence-corrected chi connectivity index (χ2v) is 4.29. The van der Waals surface area contributed by atoms with Gasteiger partial charge in [0.1, 0.15) is 6.17 Å². The van der Waals surface area contributed by atoms with Crippen molar-refractivity contribution in [2.45, 2.75) is 25.4 Å². The van der Waals surface area contributed by atoms with Gasteiger partial charge in [-0.3, -0.25) is 4.79 Å². The van der Waals surface area contributed by atoms with E-state index in [0.29, 0.717) is 0 Å². The van der Waals surface area contributed by atoms with Crippen molar-refractivity contribution >= 4 is 17.7 Å². The van der Waals surface area contributed by atoms with Crippen molar-refractivity contribution in [1.29, 1.82) is 0 Å². The molecule has 0 aromatic carbocycles. The quantitative estimate of drug-likeness (QED) is 0.742. The molecule has 1 aliphatic rings. The fraction of sp³-hybridized carbons (Fsp3) is 0.875. The molecule has 1 fully saturated rings. The summed E-state index contributed by atoms with van der Waals surface area (Å²) in [5.41, 5.74) is 0. The van der Waals surface area contributed by atoms with Gasteiger partial charge in [-0.1, -0.05) is 0 Å². The van der Waals surface area contributed by atoms with E-state index >= 15 is 0 Å². The summed E-state index contributed by atoms with van der Waals surface area (Å²) in [5.74, 6) is 0.915. The van der Waals surface area contributed by atoms with E-state index in [0.717, 1.165) is 24.3 Å². The highest BCUT2D eigenvalue weighted by molar-refractivity contribution is 7.99. The van der Waals surface area contributed by atoms with E-state index < -0.39 is 12.1 Å². The number of carboxylic acids is 1. The van der Waals surface area contributed by atoms with Crippen LogP contribution < -0.4 is 0 Å². The number of halogens is 1. The number of carboxylic acid groups (broad SMARTS) is 1. The summed E-state index contributed by atoms with van der Waals surface area (Å²) >= 11 is 1.82. The molecule has 0 aliphatic carbocycles. The standard InChI is InChI=1S/C8H13FO2S/c9-7(5-8(10)11)6-1-3-12-4-2-6/h6-7H,1-5H2,(H,10,11). The third-order valence-corrected chi connectivity index (χ3v) is 3.20. The number of rotatable bonds is 3. The smallest absolute Gasteiger partial charge is 0.306 e. The number of hydrogen-bond donors (Lipinski definition) is 1. The number of aliphatic carboxylic acids is 1. The maximum atomic E-state index is 13.1. The van der Waals surface area contributed by atoms with Gasteiger partial charge in [-0.15, -0.1) is 0 Å². The average molecular weight is 192 g/mol. The molecule has 12 heavy (non-hydrogen) atoms. The summed E-state index contributed by atoms with van der Waals surface area (Å²) in [7, 11) is 0. The molecule has 2 nitrogen and oxygen atoms in total. The van der Waals surface area contributed by atoms with Crippen molar-refractivity contribution in [3.05, 3.63) is 0 Å². The monoisotopic (exact) mass is 192 g/mol. The van der Waals surface area contributed by atoms with Gasteiger partial charge in [-0.05, 0) is 30.3 Å². The lowest BCUT2D eigenvalue weighted by molar-refractivity contribution is -0.138. The molecule has 4 heteroatoms. The highest BCUT2D eigenvalue weighted by atomic mass is 32.2. The average Bonchev–Trinajstić information content (AvgIpc) is 2.05. The van der Waals surface area contributed by atoms with Gasteiger partial charge < -0.3 is 5.11 Å². The summed E-state index contributed by atoms with van der Waals surface area (Å²) in [6.45, 7) is 0. The SMILES string of the molecule is O=C(O)CC(F)C1CCSCC1. The van der Waals surface area contributed by atoms with Crippen molar-refractivity contribution in [2.24, 2.45) is 5.92 Å². The predicted molar refractivity (Wildman–Crippen MR) is 47.2 cm³/mol. The first-order valence-electron chi connectivity index (χ1n) is 4.13. The molecule has 0 bridgehead atoms. The maximum absolute atomic E-state index is 13.1. The minimum atomic E-state index is -1.14. The molecule has 1 rings (SSSR count). The Kier molecular flexibility index (Phi) is 3.85. The van der Waals surface area contributed by atoms with E-state index in [4.69, 9.17) is 5.11 Å². The molecular formula is C8H13FO2S. The van der Waals surface area contributed by atoms with Crippen molar-refractivity contribution in [1.82, 2.24) is 0 Å². The molecule has 1 saturated heterocycles. The number of thioether (sulfide) groups is 1. The van der Waals surface area contributed by atoms with Crippen LogP contribution in [0.2, 0.25) is 0 Å². The molecule has 1 atom stereocenters. The molecule has 1 N–H and O–H groups in total. The second-order valence-electron chi connectivity index (χ2n) is 3.06. The van der Waals surface area contributed by atoms with Crippen LogP contribution in [-0.2, 0) is 4.79 Å². The first-order chi connectivity index (χ1) is 5.70. The third-order valence-electron chi connectivity index (χ3n) is 2.15. The van der Waals surface area contributed by atoms with Gasteiger partial charge in [-0.2, -0.15) is 11.8 Å². The molecule has 1 aliphatic heterocycles. The van der Waals surface area contributed by atoms with Gasteiger partial charge >= 0.3 is 5.97 Å². The highest BCUT2D eigenvalue weighted by Gasteiger charge is 2.25. The zero-order valence-electron chi connectivity index (χ0n) is 6.83. The maximum Gasteiger partial charge on any atom is 0.306 e. The Morgan fingerprint density at radius 1 is 1.58 bits per heavy atom. The van der Waals surface area contributed by atoms with Crippen molar-refractivity contribution in [3.63, 3.8) is 0 Å². The van der Waals surface area contributed by atoms with Crippen molar-refractivity contribution in [2.75, 3.05) is 11.5 Å². The van der Waals surface area contributed by atoms with Crippen LogP contribution in [0.4, 0.5) is 4.39 Å². The van der Waals surface area contributed by atoms with Crippen LogP contribution in [0.3, 0.4) is 0 Å². The van der Waals surface area contributed by atoms with Crippen LogP contribution in [0, 0.1) is 5.92 Å². The lowest BCUT2D eigenvalue weighted by Crippen LogP contribution is -2.23. The first-order valence-corrected chi connectivity index (χ1v) is 5.29. The van der Waals surface area contributed by atoms with E-state index in [1.165, 1.54) is 0 Å². The molecule has 0 aromatic heterocycles. The number of alkyl halides is 1. The summed E-state index contributed by atoms with van der Waals surface area (Å²) in [6, 6.07) is 0. The molecule has 70 valence electrons. The van der Waals surface area contributed by atoms with Gasteiger partial charge in [0.25, 0.3) is 0 Å². The van der Waals surface area contributed by atoms with Crippen LogP contribution in [0.5, 0.6) is 0 Å². The first kappa shape index (κ1) is 9.84. The van der Waals surface area contributed by atoms with Crippen LogP contribution in [0.25, 0.3) is 0 Å². The topological polar surface area (TPSA) is 37.3 Å². The Morgan fingerprint density at radius 2 is 2.17 bits per heavy atom. The van der Waals surface area contributed by atoms with E-state index in [-0.39, 0.29) is 12.3 Å². The minimum Gasteiger partial charge on any atom is -0.481 e. The summed E-state index contributed by atoms with van der Waals surface area (Å²) < 4.78 is 13.1. The van der Waals surface area contributed by atoms with E-state index in [1.807, 2.05) is 11.8 Å². The van der Waals surface area contributed by atoms with Gasteiger partial charge in [0.15, 0.2) is 0 Å². The molecule has 0 radical (unpaired) electrons. The Bertz CT molecular complexity index is 157.